The summed E-state index contributed by atoms with van der Waals surface area (Å²) in [6.45, 7) is 1.37. The summed E-state index contributed by atoms with van der Waals surface area (Å²) >= 11 is 0. The van der Waals surface area contributed by atoms with Gasteiger partial charge in [-0.25, -0.2) is 4.39 Å². The number of carbonyl (C=O) groups excluding carboxylic acids is 1. The zero-order valence-corrected chi connectivity index (χ0v) is 18.4. The maximum absolute atomic E-state index is 14.3. The highest BCUT2D eigenvalue weighted by Crippen LogP contribution is 2.51. The number of carbonyl (C=O) groups is 1. The molecule has 0 unspecified atom stereocenters. The van der Waals surface area contributed by atoms with Crippen molar-refractivity contribution in [3.8, 4) is 5.75 Å². The topological polar surface area (TPSA) is 101 Å². The van der Waals surface area contributed by atoms with Crippen molar-refractivity contribution >= 4 is 11.6 Å². The van der Waals surface area contributed by atoms with Crippen LogP contribution in [0.3, 0.4) is 0 Å². The summed E-state index contributed by atoms with van der Waals surface area (Å²) in [7, 11) is 1.03. The standard InChI is InChI=1S/C22H23F5N2O5/c1-20(32,10-30)15-8-11(6-7-28-15)29-19(31)18-13(9-21(2,34-18)22(25,26)27)12-4-5-14(23)16(24)17(12)33-3/h4-8,13,18,30,32H,9-10H2,1-3H3,(H,28,29,31)/t13-,18+,20-,21+/m0/s1. The third kappa shape index (κ3) is 4.70. The summed E-state index contributed by atoms with van der Waals surface area (Å²) < 4.78 is 79.4. The van der Waals surface area contributed by atoms with Crippen LogP contribution in [0.4, 0.5) is 27.6 Å². The number of pyridine rings is 1. The number of alkyl halides is 3. The Kier molecular flexibility index (Phi) is 6.89. The lowest BCUT2D eigenvalue weighted by Crippen LogP contribution is -2.43. The number of hydrogen-bond donors (Lipinski definition) is 3. The van der Waals surface area contributed by atoms with E-state index in [1.54, 1.807) is 0 Å². The fourth-order valence-corrected chi connectivity index (χ4v) is 3.77. The molecule has 1 aliphatic rings. The molecule has 0 radical (unpaired) electrons. The first-order valence-corrected chi connectivity index (χ1v) is 10.1. The summed E-state index contributed by atoms with van der Waals surface area (Å²) in [6, 6.07) is 4.34. The minimum absolute atomic E-state index is 0.000838. The monoisotopic (exact) mass is 490 g/mol. The van der Waals surface area contributed by atoms with Crippen molar-refractivity contribution in [1.82, 2.24) is 4.98 Å². The molecule has 1 amide bonds. The van der Waals surface area contributed by atoms with Crippen LogP contribution in [0.2, 0.25) is 0 Å². The molecule has 2 heterocycles. The summed E-state index contributed by atoms with van der Waals surface area (Å²) in [6.07, 6.45) is -6.15. The fraction of sp³-hybridized carbons (Fsp3) is 0.455. The number of nitrogens with one attached hydrogen (secondary N) is 1. The number of aromatic nitrogens is 1. The van der Waals surface area contributed by atoms with E-state index >= 15 is 0 Å². The highest BCUT2D eigenvalue weighted by molar-refractivity contribution is 5.95. The first kappa shape index (κ1) is 25.8. The predicted molar refractivity (Wildman–Crippen MR) is 109 cm³/mol. The van der Waals surface area contributed by atoms with Crippen molar-refractivity contribution in [3.05, 3.63) is 53.4 Å². The normalized spacial score (nSPS) is 24.5. The Bertz CT molecular complexity index is 1080. The Hall–Kier alpha value is -2.83. The molecule has 34 heavy (non-hydrogen) atoms. The van der Waals surface area contributed by atoms with Crippen LogP contribution in [0.1, 0.15) is 37.4 Å². The van der Waals surface area contributed by atoms with E-state index in [1.165, 1.54) is 25.3 Å². The molecule has 1 saturated heterocycles. The number of amides is 1. The average Bonchev–Trinajstić information content (AvgIpc) is 3.14. The van der Waals surface area contributed by atoms with Crippen LogP contribution in [-0.4, -0.2) is 52.7 Å². The SMILES string of the molecule is COc1c([C@@H]2C[C@](C)(C(F)(F)F)O[C@H]2C(=O)Nc2ccnc([C@@](C)(O)CO)c2)ccc(F)c1F. The van der Waals surface area contributed by atoms with Crippen molar-refractivity contribution in [2.45, 2.75) is 49.7 Å². The number of rotatable bonds is 6. The highest BCUT2D eigenvalue weighted by Gasteiger charge is 2.61. The van der Waals surface area contributed by atoms with Crippen LogP contribution in [0.5, 0.6) is 5.75 Å². The van der Waals surface area contributed by atoms with E-state index in [0.29, 0.717) is 0 Å². The molecule has 1 fully saturated rings. The van der Waals surface area contributed by atoms with E-state index in [2.05, 4.69) is 10.3 Å². The van der Waals surface area contributed by atoms with E-state index in [1.807, 2.05) is 0 Å². The first-order chi connectivity index (χ1) is 15.7. The van der Waals surface area contributed by atoms with Gasteiger partial charge in [-0.05, 0) is 38.5 Å². The molecule has 12 heteroatoms. The van der Waals surface area contributed by atoms with Crippen molar-refractivity contribution in [3.63, 3.8) is 0 Å². The van der Waals surface area contributed by atoms with Gasteiger partial charge in [0.05, 0.1) is 19.4 Å². The van der Waals surface area contributed by atoms with Gasteiger partial charge in [0, 0.05) is 23.4 Å². The predicted octanol–water partition coefficient (Wildman–Crippen LogP) is 3.40. The number of hydrogen-bond acceptors (Lipinski definition) is 6. The molecule has 0 saturated carbocycles. The number of ether oxygens (including phenoxy) is 2. The van der Waals surface area contributed by atoms with E-state index in [9.17, 15) is 37.0 Å². The summed E-state index contributed by atoms with van der Waals surface area (Å²) in [4.78, 5) is 17.0. The number of benzene rings is 1. The smallest absolute Gasteiger partial charge is 0.417 e. The van der Waals surface area contributed by atoms with Gasteiger partial charge < -0.3 is 25.0 Å². The fourth-order valence-electron chi connectivity index (χ4n) is 3.77. The van der Waals surface area contributed by atoms with Crippen LogP contribution in [-0.2, 0) is 15.1 Å². The van der Waals surface area contributed by atoms with Crippen LogP contribution >= 0.6 is 0 Å². The Morgan fingerprint density at radius 3 is 2.59 bits per heavy atom. The molecule has 1 aromatic heterocycles. The molecule has 1 aromatic carbocycles. The number of aliphatic hydroxyl groups is 2. The van der Waals surface area contributed by atoms with Gasteiger partial charge in [0.2, 0.25) is 5.82 Å². The van der Waals surface area contributed by atoms with Crippen molar-refractivity contribution < 1.29 is 46.4 Å². The van der Waals surface area contributed by atoms with Crippen molar-refractivity contribution in [2.75, 3.05) is 19.0 Å². The van der Waals surface area contributed by atoms with E-state index in [0.717, 1.165) is 26.2 Å². The van der Waals surface area contributed by atoms with Crippen molar-refractivity contribution in [1.29, 1.82) is 0 Å². The van der Waals surface area contributed by atoms with Crippen LogP contribution < -0.4 is 10.1 Å². The molecule has 3 rings (SSSR count). The highest BCUT2D eigenvalue weighted by atomic mass is 19.4. The van der Waals surface area contributed by atoms with Gasteiger partial charge in [-0.15, -0.1) is 0 Å². The van der Waals surface area contributed by atoms with Gasteiger partial charge in [-0.2, -0.15) is 17.6 Å². The van der Waals surface area contributed by atoms with Gasteiger partial charge in [-0.1, -0.05) is 6.07 Å². The van der Waals surface area contributed by atoms with Crippen molar-refractivity contribution in [2.24, 2.45) is 0 Å². The Morgan fingerprint density at radius 1 is 1.32 bits per heavy atom. The maximum Gasteiger partial charge on any atom is 0.417 e. The lowest BCUT2D eigenvalue weighted by atomic mass is 9.85. The summed E-state index contributed by atoms with van der Waals surface area (Å²) in [5, 5.41) is 21.9. The lowest BCUT2D eigenvalue weighted by molar-refractivity contribution is -0.261. The molecule has 186 valence electrons. The minimum atomic E-state index is -4.87. The first-order valence-electron chi connectivity index (χ1n) is 10.1. The third-order valence-corrected chi connectivity index (χ3v) is 5.79. The van der Waals surface area contributed by atoms with Gasteiger partial charge in [0.1, 0.15) is 11.7 Å². The summed E-state index contributed by atoms with van der Waals surface area (Å²) in [5.41, 5.74) is -4.59. The molecule has 0 bridgehead atoms. The van der Waals surface area contributed by atoms with Crippen LogP contribution in [0.25, 0.3) is 0 Å². The van der Waals surface area contributed by atoms with Crippen LogP contribution in [0, 0.1) is 11.6 Å². The molecule has 2 aromatic rings. The summed E-state index contributed by atoms with van der Waals surface area (Å²) in [5.74, 6) is -5.61. The molecule has 0 aliphatic carbocycles. The zero-order chi connectivity index (χ0) is 25.5. The third-order valence-electron chi connectivity index (χ3n) is 5.79. The lowest BCUT2D eigenvalue weighted by Gasteiger charge is -2.27. The van der Waals surface area contributed by atoms with Gasteiger partial charge >= 0.3 is 6.18 Å². The molecule has 7 nitrogen and oxygen atoms in total. The second-order valence-corrected chi connectivity index (χ2v) is 8.41. The number of aliphatic hydroxyl groups excluding tert-OH is 1. The van der Waals surface area contributed by atoms with Gasteiger partial charge in [-0.3, -0.25) is 9.78 Å². The maximum atomic E-state index is 14.3. The molecular weight excluding hydrogens is 467 g/mol. The number of anilines is 1. The number of halogens is 5. The van der Waals surface area contributed by atoms with Gasteiger partial charge in [0.15, 0.2) is 17.2 Å². The Labute approximate surface area is 191 Å². The number of methoxy groups -OCH3 is 1. The molecule has 3 N–H and O–H groups in total. The minimum Gasteiger partial charge on any atom is -0.493 e. The van der Waals surface area contributed by atoms with Gasteiger partial charge in [0.25, 0.3) is 5.91 Å². The average molecular weight is 490 g/mol. The van der Waals surface area contributed by atoms with E-state index < -0.39 is 65.7 Å². The molecular formula is C22H23F5N2O5. The number of nitrogens with zero attached hydrogens (tertiary/aromatic N) is 1. The van der Waals surface area contributed by atoms with E-state index in [-0.39, 0.29) is 16.9 Å². The molecule has 0 spiro atoms. The largest absolute Gasteiger partial charge is 0.493 e. The van der Waals surface area contributed by atoms with Crippen LogP contribution in [0.15, 0.2) is 30.5 Å². The van der Waals surface area contributed by atoms with E-state index in [4.69, 9.17) is 9.47 Å². The zero-order valence-electron chi connectivity index (χ0n) is 18.4. The second kappa shape index (κ2) is 9.08. The Morgan fingerprint density at radius 2 is 2.00 bits per heavy atom. The second-order valence-electron chi connectivity index (χ2n) is 8.41. The quantitative estimate of drug-likeness (QED) is 0.537. The molecule has 1 aliphatic heterocycles. The Balaban J connectivity index is 2.00. The molecule has 4 atom stereocenters.